The third-order valence-electron chi connectivity index (χ3n) is 4.38. The number of hydrogen-bond acceptors (Lipinski definition) is 5. The van der Waals surface area contributed by atoms with Crippen LogP contribution in [0.1, 0.15) is 18.2 Å². The molecule has 0 bridgehead atoms. The molecule has 132 valence electrons. The number of halogens is 1. The molecule has 0 N–H and O–H groups in total. The molecule has 2 heterocycles. The average Bonchev–Trinajstić information content (AvgIpc) is 3.28. The van der Waals surface area contributed by atoms with Gasteiger partial charge in [-0.3, -0.25) is 4.79 Å². The van der Waals surface area contributed by atoms with Gasteiger partial charge in [0.1, 0.15) is 5.75 Å². The Balaban J connectivity index is 1.58. The summed E-state index contributed by atoms with van der Waals surface area (Å²) in [5.74, 6) is 1.45. The maximum absolute atomic E-state index is 12.5. The van der Waals surface area contributed by atoms with E-state index in [0.29, 0.717) is 35.5 Å². The van der Waals surface area contributed by atoms with Gasteiger partial charge < -0.3 is 14.2 Å². The zero-order valence-corrected chi connectivity index (χ0v) is 14.8. The molecule has 1 aliphatic rings. The molecule has 1 aliphatic heterocycles. The van der Waals surface area contributed by atoms with Crippen molar-refractivity contribution in [3.05, 3.63) is 59.4 Å². The summed E-state index contributed by atoms with van der Waals surface area (Å²) in [5, 5.41) is 4.67. The van der Waals surface area contributed by atoms with Gasteiger partial charge in [0, 0.05) is 29.5 Å². The molecule has 0 spiro atoms. The highest BCUT2D eigenvalue weighted by atomic mass is 35.5. The number of benzene rings is 2. The lowest BCUT2D eigenvalue weighted by Crippen LogP contribution is -2.24. The normalized spacial score (nSPS) is 16.9. The van der Waals surface area contributed by atoms with Gasteiger partial charge in [0.15, 0.2) is 5.82 Å². The predicted molar refractivity (Wildman–Crippen MR) is 97.4 cm³/mol. The molecule has 26 heavy (non-hydrogen) atoms. The fourth-order valence-corrected chi connectivity index (χ4v) is 3.30. The maximum atomic E-state index is 12.5. The molecule has 0 radical (unpaired) electrons. The molecular formula is C19H16ClN3O3. The van der Waals surface area contributed by atoms with Gasteiger partial charge in [-0.1, -0.05) is 35.0 Å². The van der Waals surface area contributed by atoms with Crippen molar-refractivity contribution in [2.75, 3.05) is 18.6 Å². The van der Waals surface area contributed by atoms with E-state index in [-0.39, 0.29) is 11.8 Å². The zero-order chi connectivity index (χ0) is 18.1. The lowest BCUT2D eigenvalue weighted by molar-refractivity contribution is -0.117. The van der Waals surface area contributed by atoms with Crippen LogP contribution in [0.15, 0.2) is 53.1 Å². The summed E-state index contributed by atoms with van der Waals surface area (Å²) < 4.78 is 10.7. The smallest absolute Gasteiger partial charge is 0.257 e. The van der Waals surface area contributed by atoms with E-state index < -0.39 is 0 Å². The maximum Gasteiger partial charge on any atom is 0.257 e. The highest BCUT2D eigenvalue weighted by molar-refractivity contribution is 6.30. The third-order valence-corrected chi connectivity index (χ3v) is 4.61. The second-order valence-electron chi connectivity index (χ2n) is 6.05. The quantitative estimate of drug-likeness (QED) is 0.697. The Hall–Kier alpha value is -2.86. The van der Waals surface area contributed by atoms with Crippen LogP contribution < -0.4 is 9.64 Å². The van der Waals surface area contributed by atoms with Crippen LogP contribution in [-0.2, 0) is 4.79 Å². The van der Waals surface area contributed by atoms with Crippen LogP contribution in [0.3, 0.4) is 0 Å². The monoisotopic (exact) mass is 369 g/mol. The summed E-state index contributed by atoms with van der Waals surface area (Å²) >= 11 is 6.01. The number of carbonyl (C=O) groups excluding carboxylic acids is 1. The number of carbonyl (C=O) groups is 1. The zero-order valence-electron chi connectivity index (χ0n) is 14.1. The SMILES string of the molecule is COc1ccccc1N1CC(c2noc(-c3cccc(Cl)c3)n2)CC1=O. The first kappa shape index (κ1) is 16.6. The molecule has 1 amide bonds. The van der Waals surface area contributed by atoms with Crippen LogP contribution in [0.25, 0.3) is 11.5 Å². The topological polar surface area (TPSA) is 68.5 Å². The van der Waals surface area contributed by atoms with E-state index in [2.05, 4.69) is 10.1 Å². The summed E-state index contributed by atoms with van der Waals surface area (Å²) in [5.41, 5.74) is 1.50. The number of aromatic nitrogens is 2. The highest BCUT2D eigenvalue weighted by Crippen LogP contribution is 2.36. The molecule has 1 atom stereocenters. The van der Waals surface area contributed by atoms with Gasteiger partial charge in [-0.25, -0.2) is 0 Å². The molecule has 6 nitrogen and oxygen atoms in total. The Morgan fingerprint density at radius 1 is 1.23 bits per heavy atom. The van der Waals surface area contributed by atoms with Gasteiger partial charge >= 0.3 is 0 Å². The number of nitrogens with zero attached hydrogens (tertiary/aromatic N) is 3. The standard InChI is InChI=1S/C19H16ClN3O3/c1-25-16-8-3-2-7-15(16)23-11-13(10-17(23)24)18-21-19(26-22-18)12-5-4-6-14(20)9-12/h2-9,13H,10-11H2,1H3. The molecule has 4 rings (SSSR count). The largest absolute Gasteiger partial charge is 0.495 e. The molecular weight excluding hydrogens is 354 g/mol. The van der Waals surface area contributed by atoms with Crippen molar-refractivity contribution in [1.82, 2.24) is 10.1 Å². The predicted octanol–water partition coefficient (Wildman–Crippen LogP) is 3.92. The minimum atomic E-state index is -0.135. The van der Waals surface area contributed by atoms with Crippen molar-refractivity contribution in [2.24, 2.45) is 0 Å². The lowest BCUT2D eigenvalue weighted by atomic mass is 10.1. The summed E-state index contributed by atoms with van der Waals surface area (Å²) in [6, 6.07) is 14.7. The number of methoxy groups -OCH3 is 1. The highest BCUT2D eigenvalue weighted by Gasteiger charge is 2.35. The molecule has 3 aromatic rings. The van der Waals surface area contributed by atoms with E-state index in [1.807, 2.05) is 36.4 Å². The molecule has 0 aliphatic carbocycles. The molecule has 2 aromatic carbocycles. The van der Waals surface area contributed by atoms with Crippen molar-refractivity contribution >= 4 is 23.2 Å². The van der Waals surface area contributed by atoms with E-state index in [1.54, 1.807) is 24.1 Å². The van der Waals surface area contributed by atoms with Gasteiger partial charge in [0.25, 0.3) is 5.89 Å². The van der Waals surface area contributed by atoms with E-state index in [4.69, 9.17) is 20.9 Å². The van der Waals surface area contributed by atoms with Crippen molar-refractivity contribution in [3.8, 4) is 17.2 Å². The number of rotatable bonds is 4. The first-order chi connectivity index (χ1) is 12.7. The van der Waals surface area contributed by atoms with E-state index in [0.717, 1.165) is 11.3 Å². The number of para-hydroxylation sites is 2. The van der Waals surface area contributed by atoms with Gasteiger partial charge in [-0.15, -0.1) is 0 Å². The van der Waals surface area contributed by atoms with Crippen LogP contribution in [0.5, 0.6) is 5.75 Å². The molecule has 1 saturated heterocycles. The van der Waals surface area contributed by atoms with Gasteiger partial charge in [0.2, 0.25) is 5.91 Å². The fraction of sp³-hybridized carbons (Fsp3) is 0.211. The fourth-order valence-electron chi connectivity index (χ4n) is 3.11. The van der Waals surface area contributed by atoms with Gasteiger partial charge in [-0.2, -0.15) is 4.98 Å². The molecule has 7 heteroatoms. The van der Waals surface area contributed by atoms with E-state index in [9.17, 15) is 4.79 Å². The van der Waals surface area contributed by atoms with Crippen LogP contribution >= 0.6 is 11.6 Å². The van der Waals surface area contributed by atoms with E-state index >= 15 is 0 Å². The van der Waals surface area contributed by atoms with Crippen LogP contribution in [0, 0.1) is 0 Å². The third kappa shape index (κ3) is 3.04. The number of anilines is 1. The van der Waals surface area contributed by atoms with Crippen LogP contribution in [0.2, 0.25) is 5.02 Å². The second-order valence-corrected chi connectivity index (χ2v) is 6.48. The Morgan fingerprint density at radius 2 is 2.08 bits per heavy atom. The Morgan fingerprint density at radius 3 is 2.88 bits per heavy atom. The minimum Gasteiger partial charge on any atom is -0.495 e. The second kappa shape index (κ2) is 6.80. The number of hydrogen-bond donors (Lipinski definition) is 0. The summed E-state index contributed by atoms with van der Waals surface area (Å²) in [6.45, 7) is 0.480. The minimum absolute atomic E-state index is 0.00797. The van der Waals surface area contributed by atoms with Crippen LogP contribution in [-0.4, -0.2) is 29.7 Å². The van der Waals surface area contributed by atoms with Gasteiger partial charge in [0.05, 0.1) is 12.8 Å². The lowest BCUT2D eigenvalue weighted by Gasteiger charge is -2.18. The summed E-state index contributed by atoms with van der Waals surface area (Å²) in [6.07, 6.45) is 0.326. The molecule has 0 saturated carbocycles. The Labute approximate surface area is 155 Å². The van der Waals surface area contributed by atoms with Gasteiger partial charge in [-0.05, 0) is 30.3 Å². The first-order valence-corrected chi connectivity index (χ1v) is 8.56. The molecule has 1 aromatic heterocycles. The molecule has 1 fully saturated rings. The first-order valence-electron chi connectivity index (χ1n) is 8.18. The Kier molecular flexibility index (Phi) is 4.34. The number of ether oxygens (including phenoxy) is 1. The van der Waals surface area contributed by atoms with Crippen molar-refractivity contribution in [3.63, 3.8) is 0 Å². The van der Waals surface area contributed by atoms with Crippen molar-refractivity contribution in [1.29, 1.82) is 0 Å². The summed E-state index contributed by atoms with van der Waals surface area (Å²) in [4.78, 5) is 18.7. The average molecular weight is 370 g/mol. The number of amides is 1. The van der Waals surface area contributed by atoms with Crippen LogP contribution in [0.4, 0.5) is 5.69 Å². The summed E-state index contributed by atoms with van der Waals surface area (Å²) in [7, 11) is 1.59. The molecule has 1 unspecified atom stereocenters. The van der Waals surface area contributed by atoms with Crippen molar-refractivity contribution in [2.45, 2.75) is 12.3 Å². The van der Waals surface area contributed by atoms with Crippen molar-refractivity contribution < 1.29 is 14.1 Å². The Bertz CT molecular complexity index is 956. The van der Waals surface area contributed by atoms with E-state index in [1.165, 1.54) is 0 Å².